The van der Waals surface area contributed by atoms with Crippen LogP contribution < -0.4 is 4.74 Å². The molecule has 2 rings (SSSR count). The van der Waals surface area contributed by atoms with E-state index in [9.17, 15) is 0 Å². The van der Waals surface area contributed by atoms with E-state index in [4.69, 9.17) is 21.1 Å². The van der Waals surface area contributed by atoms with Crippen molar-refractivity contribution in [3.05, 3.63) is 27.7 Å². The second-order valence-corrected chi connectivity index (χ2v) is 4.88. The molecular formula is C11H12BrClO2. The second-order valence-electron chi connectivity index (χ2n) is 3.62. The Balaban J connectivity index is 1.90. The van der Waals surface area contributed by atoms with Crippen LogP contribution in [0.25, 0.3) is 0 Å². The number of ether oxygens (including phenoxy) is 2. The maximum atomic E-state index is 5.96. The van der Waals surface area contributed by atoms with Gasteiger partial charge in [0, 0.05) is 17.0 Å². The van der Waals surface area contributed by atoms with E-state index in [1.165, 1.54) is 0 Å². The van der Waals surface area contributed by atoms with E-state index < -0.39 is 0 Å². The molecule has 0 amide bonds. The molecule has 0 radical (unpaired) electrons. The molecular weight excluding hydrogens is 279 g/mol. The van der Waals surface area contributed by atoms with Crippen molar-refractivity contribution in [3.63, 3.8) is 0 Å². The van der Waals surface area contributed by atoms with Gasteiger partial charge in [-0.25, -0.2) is 0 Å². The number of benzene rings is 1. The summed E-state index contributed by atoms with van der Waals surface area (Å²) < 4.78 is 11.8. The second kappa shape index (κ2) is 5.19. The van der Waals surface area contributed by atoms with Crippen LogP contribution in [-0.2, 0) is 4.74 Å². The summed E-state index contributed by atoms with van der Waals surface area (Å²) in [6.45, 7) is 2.37. The highest BCUT2D eigenvalue weighted by atomic mass is 79.9. The molecule has 1 heterocycles. The summed E-state index contributed by atoms with van der Waals surface area (Å²) in [6, 6.07) is 5.62. The quantitative estimate of drug-likeness (QED) is 0.848. The van der Waals surface area contributed by atoms with Crippen LogP contribution >= 0.6 is 27.5 Å². The monoisotopic (exact) mass is 290 g/mol. The lowest BCUT2D eigenvalue weighted by molar-refractivity contribution is 0.167. The van der Waals surface area contributed by atoms with Crippen molar-refractivity contribution in [2.45, 2.75) is 6.42 Å². The predicted octanol–water partition coefficient (Wildman–Crippen LogP) is 3.52. The largest absolute Gasteiger partial charge is 0.493 e. The minimum atomic E-state index is 0.521. The van der Waals surface area contributed by atoms with E-state index in [0.717, 1.165) is 29.9 Å². The van der Waals surface area contributed by atoms with Gasteiger partial charge in [-0.1, -0.05) is 11.6 Å². The lowest BCUT2D eigenvalue weighted by atomic mass is 10.1. The standard InChI is InChI=1S/C11H12BrClO2/c12-10-2-1-9(5-11(10)13)15-7-8-3-4-14-6-8/h1-2,5,8H,3-4,6-7H2. The number of halogens is 2. The molecule has 1 fully saturated rings. The molecule has 1 aromatic carbocycles. The van der Waals surface area contributed by atoms with Crippen molar-refractivity contribution in [1.29, 1.82) is 0 Å². The van der Waals surface area contributed by atoms with Gasteiger partial charge in [0.15, 0.2) is 0 Å². The summed E-state index contributed by atoms with van der Waals surface area (Å²) in [5.41, 5.74) is 0. The Hall–Kier alpha value is -0.250. The van der Waals surface area contributed by atoms with E-state index >= 15 is 0 Å². The summed E-state index contributed by atoms with van der Waals surface area (Å²) in [7, 11) is 0. The van der Waals surface area contributed by atoms with Crippen molar-refractivity contribution in [3.8, 4) is 5.75 Å². The van der Waals surface area contributed by atoms with Crippen LogP contribution in [0.4, 0.5) is 0 Å². The Morgan fingerprint density at radius 1 is 1.53 bits per heavy atom. The molecule has 0 aliphatic carbocycles. The Bertz CT molecular complexity index is 337. The van der Waals surface area contributed by atoms with Gasteiger partial charge >= 0.3 is 0 Å². The molecule has 1 unspecified atom stereocenters. The van der Waals surface area contributed by atoms with Crippen molar-refractivity contribution in [1.82, 2.24) is 0 Å². The predicted molar refractivity (Wildman–Crippen MR) is 63.6 cm³/mol. The third-order valence-corrected chi connectivity index (χ3v) is 3.63. The highest BCUT2D eigenvalue weighted by molar-refractivity contribution is 9.10. The molecule has 0 aromatic heterocycles. The zero-order valence-electron chi connectivity index (χ0n) is 8.21. The van der Waals surface area contributed by atoms with Crippen LogP contribution in [0.1, 0.15) is 6.42 Å². The average molecular weight is 292 g/mol. The molecule has 1 aromatic rings. The van der Waals surface area contributed by atoms with Gasteiger partial charge in [0.2, 0.25) is 0 Å². The molecule has 0 N–H and O–H groups in total. The number of hydrogen-bond donors (Lipinski definition) is 0. The maximum absolute atomic E-state index is 5.96. The fraction of sp³-hybridized carbons (Fsp3) is 0.455. The molecule has 0 saturated carbocycles. The van der Waals surface area contributed by atoms with Crippen LogP contribution in [0, 0.1) is 5.92 Å². The van der Waals surface area contributed by atoms with Gasteiger partial charge in [-0.05, 0) is 40.5 Å². The number of hydrogen-bond acceptors (Lipinski definition) is 2. The maximum Gasteiger partial charge on any atom is 0.120 e. The summed E-state index contributed by atoms with van der Waals surface area (Å²) in [5, 5.41) is 0.676. The van der Waals surface area contributed by atoms with Gasteiger partial charge < -0.3 is 9.47 Å². The van der Waals surface area contributed by atoms with Crippen LogP contribution in [-0.4, -0.2) is 19.8 Å². The fourth-order valence-corrected chi connectivity index (χ4v) is 1.91. The minimum Gasteiger partial charge on any atom is -0.493 e. The van der Waals surface area contributed by atoms with Gasteiger partial charge in [-0.2, -0.15) is 0 Å². The summed E-state index contributed by atoms with van der Waals surface area (Å²) in [4.78, 5) is 0. The van der Waals surface area contributed by atoms with Crippen molar-refractivity contribution in [2.75, 3.05) is 19.8 Å². The van der Waals surface area contributed by atoms with Crippen molar-refractivity contribution in [2.24, 2.45) is 5.92 Å². The topological polar surface area (TPSA) is 18.5 Å². The smallest absolute Gasteiger partial charge is 0.120 e. The lowest BCUT2D eigenvalue weighted by Crippen LogP contribution is -2.11. The Morgan fingerprint density at radius 2 is 2.40 bits per heavy atom. The van der Waals surface area contributed by atoms with Crippen LogP contribution in [0.5, 0.6) is 5.75 Å². The SMILES string of the molecule is Clc1cc(OCC2CCOC2)ccc1Br. The molecule has 1 aliphatic rings. The van der Waals surface area contributed by atoms with Crippen molar-refractivity contribution < 1.29 is 9.47 Å². The zero-order valence-corrected chi connectivity index (χ0v) is 10.6. The first-order valence-corrected chi connectivity index (χ1v) is 6.08. The number of rotatable bonds is 3. The molecule has 2 nitrogen and oxygen atoms in total. The molecule has 1 aliphatic heterocycles. The minimum absolute atomic E-state index is 0.521. The molecule has 1 atom stereocenters. The van der Waals surface area contributed by atoms with Gasteiger partial charge in [-0.3, -0.25) is 0 Å². The normalized spacial score (nSPS) is 20.5. The first-order valence-electron chi connectivity index (χ1n) is 4.91. The Labute approximate surface area is 103 Å². The third-order valence-electron chi connectivity index (χ3n) is 2.40. The first kappa shape index (κ1) is 11.2. The third kappa shape index (κ3) is 3.10. The molecule has 0 spiro atoms. The summed E-state index contributed by atoms with van der Waals surface area (Å²) in [5.74, 6) is 1.34. The molecule has 0 bridgehead atoms. The van der Waals surface area contributed by atoms with Gasteiger partial charge in [0.1, 0.15) is 5.75 Å². The van der Waals surface area contributed by atoms with Gasteiger partial charge in [-0.15, -0.1) is 0 Å². The van der Waals surface area contributed by atoms with Crippen LogP contribution in [0.15, 0.2) is 22.7 Å². The fourth-order valence-electron chi connectivity index (χ4n) is 1.50. The van der Waals surface area contributed by atoms with E-state index in [0.29, 0.717) is 17.5 Å². The van der Waals surface area contributed by atoms with Gasteiger partial charge in [0.05, 0.1) is 18.2 Å². The Kier molecular flexibility index (Phi) is 3.89. The summed E-state index contributed by atoms with van der Waals surface area (Å²) in [6.07, 6.45) is 1.09. The highest BCUT2D eigenvalue weighted by Crippen LogP contribution is 2.27. The van der Waals surface area contributed by atoms with E-state index in [2.05, 4.69) is 15.9 Å². The van der Waals surface area contributed by atoms with Crippen LogP contribution in [0.3, 0.4) is 0 Å². The molecule has 1 saturated heterocycles. The molecule has 15 heavy (non-hydrogen) atoms. The van der Waals surface area contributed by atoms with Gasteiger partial charge in [0.25, 0.3) is 0 Å². The zero-order chi connectivity index (χ0) is 10.7. The summed E-state index contributed by atoms with van der Waals surface area (Å²) >= 11 is 9.30. The molecule has 4 heteroatoms. The Morgan fingerprint density at radius 3 is 3.07 bits per heavy atom. The lowest BCUT2D eigenvalue weighted by Gasteiger charge is -2.10. The first-order chi connectivity index (χ1) is 7.25. The van der Waals surface area contributed by atoms with Crippen LogP contribution in [0.2, 0.25) is 5.02 Å². The van der Waals surface area contributed by atoms with E-state index in [-0.39, 0.29) is 0 Å². The van der Waals surface area contributed by atoms with E-state index in [1.807, 2.05) is 18.2 Å². The molecule has 82 valence electrons. The average Bonchev–Trinajstić information content (AvgIpc) is 2.73. The van der Waals surface area contributed by atoms with Crippen molar-refractivity contribution >= 4 is 27.5 Å². The highest BCUT2D eigenvalue weighted by Gasteiger charge is 2.16. The van der Waals surface area contributed by atoms with E-state index in [1.54, 1.807) is 0 Å².